The lowest BCUT2D eigenvalue weighted by Crippen LogP contribution is -2.07. The summed E-state index contributed by atoms with van der Waals surface area (Å²) in [5.74, 6) is 0.511. The molecule has 3 nitrogen and oxygen atoms in total. The monoisotopic (exact) mass is 194 g/mol. The van der Waals surface area contributed by atoms with Gasteiger partial charge >= 0.3 is 6.16 Å². The Morgan fingerprint density at radius 3 is 2.43 bits per heavy atom. The lowest BCUT2D eigenvalue weighted by Gasteiger charge is -2.03. The van der Waals surface area contributed by atoms with Crippen molar-refractivity contribution in [2.45, 2.75) is 19.8 Å². The predicted octanol–water partition coefficient (Wildman–Crippen LogP) is 2.78. The number of benzene rings is 1. The molecule has 0 aromatic heterocycles. The van der Waals surface area contributed by atoms with Crippen molar-refractivity contribution in [3.8, 4) is 5.75 Å². The number of aryl methyl sites for hydroxylation is 1. The molecule has 14 heavy (non-hydrogen) atoms. The zero-order valence-corrected chi connectivity index (χ0v) is 8.45. The van der Waals surface area contributed by atoms with Gasteiger partial charge in [-0.2, -0.15) is 0 Å². The van der Waals surface area contributed by atoms with E-state index in [1.165, 1.54) is 12.7 Å². The van der Waals surface area contributed by atoms with E-state index in [0.717, 1.165) is 12.8 Å². The van der Waals surface area contributed by atoms with Crippen LogP contribution in [0.4, 0.5) is 4.79 Å². The Balaban J connectivity index is 2.59. The molecule has 3 heteroatoms. The summed E-state index contributed by atoms with van der Waals surface area (Å²) in [5, 5.41) is 0. The number of methoxy groups -OCH3 is 1. The van der Waals surface area contributed by atoms with Gasteiger partial charge in [0.1, 0.15) is 5.75 Å². The van der Waals surface area contributed by atoms with Crippen molar-refractivity contribution in [2.75, 3.05) is 7.11 Å². The van der Waals surface area contributed by atoms with Gasteiger partial charge in [-0.05, 0) is 24.1 Å². The molecule has 0 heterocycles. The molecule has 0 radical (unpaired) electrons. The van der Waals surface area contributed by atoms with Crippen LogP contribution in [0.3, 0.4) is 0 Å². The number of rotatable bonds is 3. The fraction of sp³-hybridized carbons (Fsp3) is 0.364. The second-order valence-corrected chi connectivity index (χ2v) is 2.95. The molecule has 0 aliphatic heterocycles. The van der Waals surface area contributed by atoms with Crippen LogP contribution in [0, 0.1) is 0 Å². The first-order valence-corrected chi connectivity index (χ1v) is 4.61. The van der Waals surface area contributed by atoms with Crippen molar-refractivity contribution in [3.05, 3.63) is 29.8 Å². The van der Waals surface area contributed by atoms with Crippen molar-refractivity contribution in [1.82, 2.24) is 0 Å². The van der Waals surface area contributed by atoms with E-state index in [-0.39, 0.29) is 0 Å². The molecule has 0 N–H and O–H groups in total. The maximum Gasteiger partial charge on any atom is 0.513 e. The molecule has 0 bridgehead atoms. The molecule has 0 fully saturated rings. The summed E-state index contributed by atoms with van der Waals surface area (Å²) in [6.45, 7) is 2.12. The molecular formula is C11H14O3. The third-order valence-corrected chi connectivity index (χ3v) is 1.83. The molecule has 0 aliphatic carbocycles. The Morgan fingerprint density at radius 1 is 1.29 bits per heavy atom. The van der Waals surface area contributed by atoms with Gasteiger partial charge in [0.05, 0.1) is 7.11 Å². The van der Waals surface area contributed by atoms with Gasteiger partial charge < -0.3 is 9.47 Å². The van der Waals surface area contributed by atoms with E-state index >= 15 is 0 Å². The van der Waals surface area contributed by atoms with Crippen LogP contribution >= 0.6 is 0 Å². The van der Waals surface area contributed by atoms with Crippen molar-refractivity contribution in [2.24, 2.45) is 0 Å². The molecule has 1 aromatic carbocycles. The maximum absolute atomic E-state index is 10.7. The Bertz CT molecular complexity index is 290. The van der Waals surface area contributed by atoms with Crippen LogP contribution in [-0.2, 0) is 11.2 Å². The number of hydrogen-bond donors (Lipinski definition) is 0. The van der Waals surface area contributed by atoms with Crippen LogP contribution in [-0.4, -0.2) is 13.3 Å². The van der Waals surface area contributed by atoms with Gasteiger partial charge in [0.2, 0.25) is 0 Å². The molecule has 0 aliphatic rings. The first kappa shape index (κ1) is 10.6. The molecular weight excluding hydrogens is 180 g/mol. The molecule has 0 saturated heterocycles. The minimum Gasteiger partial charge on any atom is -0.437 e. The molecule has 0 atom stereocenters. The summed E-state index contributed by atoms with van der Waals surface area (Å²) in [7, 11) is 1.29. The highest BCUT2D eigenvalue weighted by atomic mass is 16.7. The number of ether oxygens (including phenoxy) is 2. The van der Waals surface area contributed by atoms with E-state index in [0.29, 0.717) is 5.75 Å². The smallest absolute Gasteiger partial charge is 0.437 e. The Labute approximate surface area is 83.6 Å². The van der Waals surface area contributed by atoms with Gasteiger partial charge in [-0.3, -0.25) is 0 Å². The minimum atomic E-state index is -0.687. The Hall–Kier alpha value is -1.51. The second kappa shape index (κ2) is 5.27. The van der Waals surface area contributed by atoms with Gasteiger partial charge in [-0.1, -0.05) is 25.5 Å². The summed E-state index contributed by atoms with van der Waals surface area (Å²) < 4.78 is 9.21. The van der Waals surface area contributed by atoms with Crippen LogP contribution in [0.1, 0.15) is 18.9 Å². The predicted molar refractivity (Wildman–Crippen MR) is 53.5 cm³/mol. The molecule has 0 saturated carbocycles. The van der Waals surface area contributed by atoms with Crippen molar-refractivity contribution < 1.29 is 14.3 Å². The average molecular weight is 194 g/mol. The highest BCUT2D eigenvalue weighted by molar-refractivity contribution is 5.63. The molecule has 76 valence electrons. The number of carbonyl (C=O) groups is 1. The highest BCUT2D eigenvalue weighted by Gasteiger charge is 2.02. The summed E-state index contributed by atoms with van der Waals surface area (Å²) in [6.07, 6.45) is 1.46. The summed E-state index contributed by atoms with van der Waals surface area (Å²) in [4.78, 5) is 10.7. The third-order valence-electron chi connectivity index (χ3n) is 1.83. The van der Waals surface area contributed by atoms with Gasteiger partial charge in [0.25, 0.3) is 0 Å². The normalized spacial score (nSPS) is 9.57. The quantitative estimate of drug-likeness (QED) is 0.548. The first-order chi connectivity index (χ1) is 6.76. The standard InChI is InChI=1S/C11H14O3/c1-3-4-9-5-7-10(8-6-9)14-11(12)13-2/h5-8H,3-4H2,1-2H3. The van der Waals surface area contributed by atoms with E-state index < -0.39 is 6.16 Å². The van der Waals surface area contributed by atoms with Crippen LogP contribution < -0.4 is 4.74 Å². The number of carbonyl (C=O) groups excluding carboxylic acids is 1. The maximum atomic E-state index is 10.7. The van der Waals surface area contributed by atoms with E-state index in [4.69, 9.17) is 4.74 Å². The van der Waals surface area contributed by atoms with Crippen molar-refractivity contribution >= 4 is 6.16 Å². The highest BCUT2D eigenvalue weighted by Crippen LogP contribution is 2.13. The van der Waals surface area contributed by atoms with E-state index in [1.807, 2.05) is 12.1 Å². The third kappa shape index (κ3) is 3.09. The lowest BCUT2D eigenvalue weighted by molar-refractivity contribution is 0.121. The van der Waals surface area contributed by atoms with E-state index in [9.17, 15) is 4.79 Å². The topological polar surface area (TPSA) is 35.5 Å². The van der Waals surface area contributed by atoms with E-state index in [2.05, 4.69) is 11.7 Å². The summed E-state index contributed by atoms with van der Waals surface area (Å²) in [5.41, 5.74) is 1.24. The fourth-order valence-electron chi connectivity index (χ4n) is 1.15. The molecule has 1 rings (SSSR count). The lowest BCUT2D eigenvalue weighted by atomic mass is 10.1. The zero-order chi connectivity index (χ0) is 10.4. The first-order valence-electron chi connectivity index (χ1n) is 4.61. The Kier molecular flexibility index (Phi) is 3.98. The van der Waals surface area contributed by atoms with Gasteiger partial charge in [-0.15, -0.1) is 0 Å². The van der Waals surface area contributed by atoms with Gasteiger partial charge in [-0.25, -0.2) is 4.79 Å². The van der Waals surface area contributed by atoms with E-state index in [1.54, 1.807) is 12.1 Å². The SMILES string of the molecule is CCCc1ccc(OC(=O)OC)cc1. The molecule has 1 aromatic rings. The van der Waals surface area contributed by atoms with Crippen LogP contribution in [0.2, 0.25) is 0 Å². The second-order valence-electron chi connectivity index (χ2n) is 2.95. The number of hydrogen-bond acceptors (Lipinski definition) is 3. The fourth-order valence-corrected chi connectivity index (χ4v) is 1.15. The van der Waals surface area contributed by atoms with Crippen LogP contribution in [0.15, 0.2) is 24.3 Å². The van der Waals surface area contributed by atoms with Crippen molar-refractivity contribution in [3.63, 3.8) is 0 Å². The Morgan fingerprint density at radius 2 is 1.93 bits per heavy atom. The summed E-state index contributed by atoms with van der Waals surface area (Å²) in [6, 6.07) is 7.42. The van der Waals surface area contributed by atoms with Crippen LogP contribution in [0.5, 0.6) is 5.75 Å². The molecule has 0 amide bonds. The molecule has 0 unspecified atom stereocenters. The molecule has 0 spiro atoms. The zero-order valence-electron chi connectivity index (χ0n) is 8.45. The van der Waals surface area contributed by atoms with Crippen molar-refractivity contribution in [1.29, 1.82) is 0 Å². The minimum absolute atomic E-state index is 0.511. The summed E-state index contributed by atoms with van der Waals surface area (Å²) >= 11 is 0. The average Bonchev–Trinajstić information content (AvgIpc) is 2.21. The van der Waals surface area contributed by atoms with Gasteiger partial charge in [0, 0.05) is 0 Å². The van der Waals surface area contributed by atoms with Gasteiger partial charge in [0.15, 0.2) is 0 Å². The van der Waals surface area contributed by atoms with Crippen LogP contribution in [0.25, 0.3) is 0 Å². The largest absolute Gasteiger partial charge is 0.513 e.